The number of piperidine rings is 1. The summed E-state index contributed by atoms with van der Waals surface area (Å²) < 4.78 is 32.6. The summed E-state index contributed by atoms with van der Waals surface area (Å²) >= 11 is 0. The summed E-state index contributed by atoms with van der Waals surface area (Å²) in [6.07, 6.45) is 8.24. The molecule has 0 unspecified atom stereocenters. The second kappa shape index (κ2) is 8.93. The molecule has 2 aliphatic rings. The Hall–Kier alpha value is -1.80. The second-order valence-electron chi connectivity index (χ2n) is 7.26. The van der Waals surface area contributed by atoms with Crippen molar-refractivity contribution in [1.29, 1.82) is 0 Å². The number of nitrogens with one attached hydrogen (secondary N) is 2. The molecule has 2 N–H and O–H groups in total. The van der Waals surface area contributed by atoms with Crippen molar-refractivity contribution >= 4 is 21.7 Å². The summed E-state index contributed by atoms with van der Waals surface area (Å²) in [7, 11) is -2.07. The third-order valence-corrected chi connectivity index (χ3v) is 7.21. The van der Waals surface area contributed by atoms with E-state index in [0.717, 1.165) is 44.9 Å². The minimum absolute atomic E-state index is 0.171. The molecule has 0 spiro atoms. The maximum atomic E-state index is 12.9. The van der Waals surface area contributed by atoms with Crippen molar-refractivity contribution in [3.63, 3.8) is 0 Å². The number of carbonyl (C=O) groups excluding carboxylic acids is 1. The zero-order valence-electron chi connectivity index (χ0n) is 15.9. The highest BCUT2D eigenvalue weighted by Gasteiger charge is 2.27. The van der Waals surface area contributed by atoms with Gasteiger partial charge in [0.1, 0.15) is 5.75 Å². The monoisotopic (exact) mass is 395 g/mol. The van der Waals surface area contributed by atoms with E-state index in [0.29, 0.717) is 24.5 Å². The standard InChI is InChI=1S/C19H29N3O4S/c1-26-18-11-10-16(27(24,25)22-12-6-3-7-13-22)14-17(18)21-19(23)20-15-8-4-2-5-9-15/h10-11,14-15H,2-9,12-13H2,1H3,(H2,20,21,23). The van der Waals surface area contributed by atoms with Crippen LogP contribution in [0.4, 0.5) is 10.5 Å². The van der Waals surface area contributed by atoms with E-state index in [9.17, 15) is 13.2 Å². The van der Waals surface area contributed by atoms with Gasteiger partial charge >= 0.3 is 6.03 Å². The molecule has 2 fully saturated rings. The van der Waals surface area contributed by atoms with Crippen molar-refractivity contribution in [3.8, 4) is 5.75 Å². The number of rotatable bonds is 5. The van der Waals surface area contributed by atoms with Crippen LogP contribution in [-0.2, 0) is 10.0 Å². The van der Waals surface area contributed by atoms with Crippen LogP contribution in [0.15, 0.2) is 23.1 Å². The predicted octanol–water partition coefficient (Wildman–Crippen LogP) is 3.32. The van der Waals surface area contributed by atoms with Gasteiger partial charge in [0.2, 0.25) is 10.0 Å². The summed E-state index contributed by atoms with van der Waals surface area (Å²) in [5, 5.41) is 5.74. The number of sulfonamides is 1. The zero-order valence-corrected chi connectivity index (χ0v) is 16.7. The smallest absolute Gasteiger partial charge is 0.319 e. The first kappa shape index (κ1) is 19.9. The first-order valence-corrected chi connectivity index (χ1v) is 11.2. The number of hydrogen-bond acceptors (Lipinski definition) is 4. The third kappa shape index (κ3) is 4.93. The fourth-order valence-corrected chi connectivity index (χ4v) is 5.33. The van der Waals surface area contributed by atoms with Crippen LogP contribution >= 0.6 is 0 Å². The van der Waals surface area contributed by atoms with Gasteiger partial charge in [-0.2, -0.15) is 4.31 Å². The van der Waals surface area contributed by atoms with E-state index in [2.05, 4.69) is 10.6 Å². The summed E-state index contributed by atoms with van der Waals surface area (Å²) in [5.74, 6) is 0.436. The molecular weight excluding hydrogens is 366 g/mol. The number of ether oxygens (including phenoxy) is 1. The Kier molecular flexibility index (Phi) is 6.59. The number of benzene rings is 1. The average molecular weight is 396 g/mol. The molecule has 1 saturated carbocycles. The topological polar surface area (TPSA) is 87.7 Å². The Morgan fingerprint density at radius 2 is 1.74 bits per heavy atom. The quantitative estimate of drug-likeness (QED) is 0.800. The summed E-state index contributed by atoms with van der Waals surface area (Å²) in [5.41, 5.74) is 0.365. The molecule has 1 aromatic carbocycles. The number of amides is 2. The molecule has 8 heteroatoms. The van der Waals surface area contributed by atoms with Crippen molar-refractivity contribution in [2.75, 3.05) is 25.5 Å². The number of carbonyl (C=O) groups is 1. The number of nitrogens with zero attached hydrogens (tertiary/aromatic N) is 1. The Morgan fingerprint density at radius 3 is 2.41 bits per heavy atom. The molecule has 3 rings (SSSR count). The molecule has 27 heavy (non-hydrogen) atoms. The lowest BCUT2D eigenvalue weighted by atomic mass is 9.96. The van der Waals surface area contributed by atoms with Gasteiger partial charge in [0, 0.05) is 19.1 Å². The zero-order chi connectivity index (χ0) is 19.3. The highest BCUT2D eigenvalue weighted by atomic mass is 32.2. The Balaban J connectivity index is 1.75. The maximum absolute atomic E-state index is 12.9. The lowest BCUT2D eigenvalue weighted by molar-refractivity contribution is 0.244. The fourth-order valence-electron chi connectivity index (χ4n) is 3.79. The van der Waals surface area contributed by atoms with Crippen LogP contribution in [0.25, 0.3) is 0 Å². The van der Waals surface area contributed by atoms with Crippen LogP contribution in [0, 0.1) is 0 Å². The fraction of sp³-hybridized carbons (Fsp3) is 0.632. The normalized spacial score (nSPS) is 19.4. The van der Waals surface area contributed by atoms with Gasteiger partial charge in [-0.25, -0.2) is 13.2 Å². The Bertz CT molecular complexity index is 754. The molecule has 150 valence electrons. The SMILES string of the molecule is COc1ccc(S(=O)(=O)N2CCCCC2)cc1NC(=O)NC1CCCCC1. The van der Waals surface area contributed by atoms with Crippen LogP contribution < -0.4 is 15.4 Å². The van der Waals surface area contributed by atoms with E-state index >= 15 is 0 Å². The van der Waals surface area contributed by atoms with E-state index in [1.54, 1.807) is 6.07 Å². The minimum Gasteiger partial charge on any atom is -0.495 e. The highest BCUT2D eigenvalue weighted by molar-refractivity contribution is 7.89. The van der Waals surface area contributed by atoms with Gasteiger partial charge in [0.25, 0.3) is 0 Å². The van der Waals surface area contributed by atoms with Gasteiger partial charge in [0.05, 0.1) is 17.7 Å². The van der Waals surface area contributed by atoms with Gasteiger partial charge in [-0.05, 0) is 43.9 Å². The van der Waals surface area contributed by atoms with Gasteiger partial charge in [-0.15, -0.1) is 0 Å². The molecule has 7 nitrogen and oxygen atoms in total. The third-order valence-electron chi connectivity index (χ3n) is 5.31. The molecule has 0 bridgehead atoms. The van der Waals surface area contributed by atoms with Crippen molar-refractivity contribution in [2.45, 2.75) is 62.3 Å². The van der Waals surface area contributed by atoms with Crippen molar-refractivity contribution < 1.29 is 17.9 Å². The molecule has 1 aliphatic carbocycles. The van der Waals surface area contributed by atoms with Crippen molar-refractivity contribution in [2.24, 2.45) is 0 Å². The van der Waals surface area contributed by atoms with Crippen LogP contribution in [-0.4, -0.2) is 45.0 Å². The first-order chi connectivity index (χ1) is 13.0. The van der Waals surface area contributed by atoms with Crippen molar-refractivity contribution in [3.05, 3.63) is 18.2 Å². The molecule has 1 saturated heterocycles. The second-order valence-corrected chi connectivity index (χ2v) is 9.20. The van der Waals surface area contributed by atoms with Gasteiger partial charge in [-0.1, -0.05) is 25.7 Å². The lowest BCUT2D eigenvalue weighted by Crippen LogP contribution is -2.39. The highest BCUT2D eigenvalue weighted by Crippen LogP contribution is 2.30. The summed E-state index contributed by atoms with van der Waals surface area (Å²) in [6.45, 7) is 1.08. The van der Waals surface area contributed by atoms with E-state index in [1.165, 1.54) is 30.0 Å². The average Bonchev–Trinajstić information content (AvgIpc) is 2.69. The molecule has 2 amide bonds. The Morgan fingerprint density at radius 1 is 1.07 bits per heavy atom. The van der Waals surface area contributed by atoms with Crippen LogP contribution in [0.5, 0.6) is 5.75 Å². The first-order valence-electron chi connectivity index (χ1n) is 9.76. The summed E-state index contributed by atoms with van der Waals surface area (Å²) in [6, 6.07) is 4.46. The molecule has 1 heterocycles. The molecular formula is C19H29N3O4S. The molecule has 1 aromatic rings. The van der Waals surface area contributed by atoms with E-state index < -0.39 is 10.0 Å². The molecule has 1 aliphatic heterocycles. The molecule has 0 aromatic heterocycles. The predicted molar refractivity (Wildman–Crippen MR) is 105 cm³/mol. The number of hydrogen-bond donors (Lipinski definition) is 2. The van der Waals surface area contributed by atoms with Crippen molar-refractivity contribution in [1.82, 2.24) is 9.62 Å². The number of anilines is 1. The number of methoxy groups -OCH3 is 1. The Labute approximate surface area is 161 Å². The molecule has 0 radical (unpaired) electrons. The van der Waals surface area contributed by atoms with Gasteiger partial charge in [0.15, 0.2) is 0 Å². The van der Waals surface area contributed by atoms with Gasteiger partial charge in [-0.3, -0.25) is 0 Å². The van der Waals surface area contributed by atoms with Crippen LogP contribution in [0.2, 0.25) is 0 Å². The number of urea groups is 1. The molecule has 0 atom stereocenters. The van der Waals surface area contributed by atoms with Crippen LogP contribution in [0.1, 0.15) is 51.4 Å². The maximum Gasteiger partial charge on any atom is 0.319 e. The minimum atomic E-state index is -3.57. The van der Waals surface area contributed by atoms with Crippen LogP contribution in [0.3, 0.4) is 0 Å². The van der Waals surface area contributed by atoms with E-state index in [1.807, 2.05) is 0 Å². The lowest BCUT2D eigenvalue weighted by Gasteiger charge is -2.26. The summed E-state index contributed by atoms with van der Waals surface area (Å²) in [4.78, 5) is 12.6. The van der Waals surface area contributed by atoms with E-state index in [-0.39, 0.29) is 17.0 Å². The van der Waals surface area contributed by atoms with Gasteiger partial charge < -0.3 is 15.4 Å². The van der Waals surface area contributed by atoms with E-state index in [4.69, 9.17) is 4.74 Å². The largest absolute Gasteiger partial charge is 0.495 e.